The van der Waals surface area contributed by atoms with Crippen LogP contribution in [0.25, 0.3) is 11.0 Å². The summed E-state index contributed by atoms with van der Waals surface area (Å²) in [4.78, 5) is 11.4. The smallest absolute Gasteiger partial charge is 0.336 e. The molecule has 2 heterocycles. The van der Waals surface area contributed by atoms with Crippen molar-refractivity contribution in [2.45, 2.75) is 18.6 Å². The van der Waals surface area contributed by atoms with Crippen molar-refractivity contribution in [1.29, 1.82) is 0 Å². The van der Waals surface area contributed by atoms with Gasteiger partial charge in [0.05, 0.1) is 18.6 Å². The maximum absolute atomic E-state index is 11.4. The number of benzene rings is 2. The lowest BCUT2D eigenvalue weighted by Crippen LogP contribution is -2.30. The van der Waals surface area contributed by atoms with Gasteiger partial charge in [-0.05, 0) is 18.2 Å². The van der Waals surface area contributed by atoms with Gasteiger partial charge in [-0.3, -0.25) is 0 Å². The second-order valence-corrected chi connectivity index (χ2v) is 6.27. The molecule has 0 aliphatic carbocycles. The number of rotatable bonds is 2. The average Bonchev–Trinajstić information content (AvgIpc) is 2.61. The molecule has 4 rings (SSSR count). The van der Waals surface area contributed by atoms with Gasteiger partial charge in [0.25, 0.3) is 0 Å². The van der Waals surface area contributed by atoms with Crippen LogP contribution in [-0.2, 0) is 6.42 Å². The number of methoxy groups -OCH3 is 1. The zero-order valence-electron chi connectivity index (χ0n) is 14.2. The number of aromatic hydroxyl groups is 3. The Labute approximate surface area is 152 Å². The van der Waals surface area contributed by atoms with Crippen molar-refractivity contribution < 1.29 is 34.3 Å². The Bertz CT molecular complexity index is 1080. The lowest BCUT2D eigenvalue weighted by atomic mass is 9.92. The molecule has 8 nitrogen and oxygen atoms in total. The number of hydrogen-bond acceptors (Lipinski definition) is 8. The number of phenolic OH excluding ortho intramolecular Hbond substituents is 3. The molecule has 0 saturated carbocycles. The van der Waals surface area contributed by atoms with Crippen LogP contribution >= 0.6 is 0 Å². The molecule has 0 radical (unpaired) electrons. The summed E-state index contributed by atoms with van der Waals surface area (Å²) in [6.07, 6.45) is -1.92. The van der Waals surface area contributed by atoms with Crippen LogP contribution in [0, 0.1) is 0 Å². The van der Waals surface area contributed by atoms with E-state index >= 15 is 0 Å². The minimum absolute atomic E-state index is 0.0639. The molecule has 2 aromatic carbocycles. The topological polar surface area (TPSA) is 130 Å². The van der Waals surface area contributed by atoms with Gasteiger partial charge in [0.1, 0.15) is 17.1 Å². The van der Waals surface area contributed by atoms with E-state index in [1.165, 1.54) is 37.4 Å². The van der Waals surface area contributed by atoms with Crippen LogP contribution in [0.2, 0.25) is 0 Å². The van der Waals surface area contributed by atoms with Crippen LogP contribution in [-0.4, -0.2) is 33.6 Å². The lowest BCUT2D eigenvalue weighted by molar-refractivity contribution is 0.0209. The van der Waals surface area contributed by atoms with Gasteiger partial charge in [-0.15, -0.1) is 0 Å². The van der Waals surface area contributed by atoms with E-state index in [1.54, 1.807) is 0 Å². The molecule has 0 amide bonds. The molecule has 4 N–H and O–H groups in total. The number of phenols is 3. The first-order chi connectivity index (χ1) is 12.9. The summed E-state index contributed by atoms with van der Waals surface area (Å²) < 4.78 is 15.9. The van der Waals surface area contributed by atoms with Crippen molar-refractivity contribution in [3.8, 4) is 28.7 Å². The van der Waals surface area contributed by atoms with Crippen LogP contribution in [0.15, 0.2) is 39.5 Å². The number of fused-ring (bicyclic) bond motifs is 3. The third kappa shape index (κ3) is 2.70. The van der Waals surface area contributed by atoms with Crippen LogP contribution in [0.3, 0.4) is 0 Å². The predicted octanol–water partition coefficient (Wildman–Crippen LogP) is 1.96. The number of aliphatic hydroxyl groups is 1. The fourth-order valence-electron chi connectivity index (χ4n) is 3.35. The quantitative estimate of drug-likeness (QED) is 0.502. The molecule has 3 aromatic rings. The molecule has 1 aromatic heterocycles. The Morgan fingerprint density at radius 1 is 1.07 bits per heavy atom. The van der Waals surface area contributed by atoms with Crippen molar-refractivity contribution in [3.63, 3.8) is 0 Å². The van der Waals surface area contributed by atoms with E-state index in [2.05, 4.69) is 0 Å². The second kappa shape index (κ2) is 6.10. The predicted molar refractivity (Wildman–Crippen MR) is 93.6 cm³/mol. The fourth-order valence-corrected chi connectivity index (χ4v) is 3.35. The third-order valence-corrected chi connectivity index (χ3v) is 4.57. The molecule has 0 spiro atoms. The Morgan fingerprint density at radius 3 is 2.44 bits per heavy atom. The minimum Gasteiger partial charge on any atom is -0.507 e. The van der Waals surface area contributed by atoms with Gasteiger partial charge < -0.3 is 34.3 Å². The van der Waals surface area contributed by atoms with Gasteiger partial charge in [-0.1, -0.05) is 0 Å². The van der Waals surface area contributed by atoms with Crippen molar-refractivity contribution in [2.75, 3.05) is 7.11 Å². The molecule has 2 unspecified atom stereocenters. The Kier molecular flexibility index (Phi) is 3.85. The van der Waals surface area contributed by atoms with E-state index in [0.29, 0.717) is 16.5 Å². The Balaban J connectivity index is 1.85. The molecule has 0 bridgehead atoms. The van der Waals surface area contributed by atoms with Crippen molar-refractivity contribution in [3.05, 3.63) is 51.9 Å². The van der Waals surface area contributed by atoms with Crippen molar-refractivity contribution in [1.82, 2.24) is 0 Å². The summed E-state index contributed by atoms with van der Waals surface area (Å²) in [7, 11) is 1.30. The van der Waals surface area contributed by atoms with Gasteiger partial charge in [-0.25, -0.2) is 4.79 Å². The first-order valence-corrected chi connectivity index (χ1v) is 8.12. The molecule has 0 fully saturated rings. The van der Waals surface area contributed by atoms with Gasteiger partial charge in [0.15, 0.2) is 17.6 Å². The molecular formula is C19H16O8. The van der Waals surface area contributed by atoms with E-state index in [1.807, 2.05) is 0 Å². The van der Waals surface area contributed by atoms with E-state index in [4.69, 9.17) is 13.9 Å². The van der Waals surface area contributed by atoms with E-state index < -0.39 is 17.8 Å². The van der Waals surface area contributed by atoms with Crippen LogP contribution < -0.4 is 15.1 Å². The Hall–Kier alpha value is -3.39. The first-order valence-electron chi connectivity index (χ1n) is 8.12. The zero-order chi connectivity index (χ0) is 19.3. The molecule has 1 aliphatic heterocycles. The summed E-state index contributed by atoms with van der Waals surface area (Å²) in [6, 6.07) is 6.69. The number of ether oxygens (including phenoxy) is 2. The molecule has 1 aliphatic rings. The SMILES string of the molecule is COc1c(O)cc(C2Oc3c(c(O)cc4oc(=O)ccc34)CC2O)cc1O. The molecule has 2 atom stereocenters. The summed E-state index contributed by atoms with van der Waals surface area (Å²) in [5.41, 5.74) is 0.272. The second-order valence-electron chi connectivity index (χ2n) is 6.27. The molecular weight excluding hydrogens is 356 g/mol. The number of aliphatic hydroxyl groups excluding tert-OH is 1. The molecule has 27 heavy (non-hydrogen) atoms. The normalized spacial score (nSPS) is 18.7. The number of hydrogen-bond donors (Lipinski definition) is 4. The molecule has 0 saturated heterocycles. The highest BCUT2D eigenvalue weighted by molar-refractivity contribution is 5.87. The van der Waals surface area contributed by atoms with Crippen molar-refractivity contribution >= 4 is 11.0 Å². The Morgan fingerprint density at radius 2 is 1.78 bits per heavy atom. The van der Waals surface area contributed by atoms with Crippen LogP contribution in [0.5, 0.6) is 28.7 Å². The van der Waals surface area contributed by atoms with Gasteiger partial charge in [-0.2, -0.15) is 0 Å². The monoisotopic (exact) mass is 372 g/mol. The van der Waals surface area contributed by atoms with Gasteiger partial charge >= 0.3 is 5.63 Å². The highest BCUT2D eigenvalue weighted by Gasteiger charge is 2.34. The maximum Gasteiger partial charge on any atom is 0.336 e. The standard InChI is InChI=1S/C19H16O8/c1-25-19-12(21)4-8(5-13(19)22)17-14(23)6-10-11(20)7-15-9(18(10)27-17)2-3-16(24)26-15/h2-5,7,14,17,20-23H,6H2,1H3. The van der Waals surface area contributed by atoms with Crippen LogP contribution in [0.4, 0.5) is 0 Å². The summed E-state index contributed by atoms with van der Waals surface area (Å²) in [6.45, 7) is 0. The third-order valence-electron chi connectivity index (χ3n) is 4.57. The zero-order valence-corrected chi connectivity index (χ0v) is 14.2. The first kappa shape index (κ1) is 17.0. The largest absolute Gasteiger partial charge is 0.507 e. The summed E-state index contributed by atoms with van der Waals surface area (Å²) in [5, 5.41) is 41.2. The van der Waals surface area contributed by atoms with E-state index in [0.717, 1.165) is 0 Å². The van der Waals surface area contributed by atoms with E-state index in [-0.39, 0.29) is 40.8 Å². The average molecular weight is 372 g/mol. The molecule has 140 valence electrons. The van der Waals surface area contributed by atoms with Gasteiger partial charge in [0, 0.05) is 29.7 Å². The lowest BCUT2D eigenvalue weighted by Gasteiger charge is -2.32. The highest BCUT2D eigenvalue weighted by atomic mass is 16.5. The molecule has 8 heteroatoms. The minimum atomic E-state index is -1.05. The maximum atomic E-state index is 11.4. The summed E-state index contributed by atoms with van der Waals surface area (Å²) in [5.74, 6) is -0.598. The van der Waals surface area contributed by atoms with Crippen LogP contribution in [0.1, 0.15) is 17.2 Å². The summed E-state index contributed by atoms with van der Waals surface area (Å²) >= 11 is 0. The fraction of sp³-hybridized carbons (Fsp3) is 0.211. The van der Waals surface area contributed by atoms with Gasteiger partial charge in [0.2, 0.25) is 5.75 Å². The van der Waals surface area contributed by atoms with E-state index in [9.17, 15) is 25.2 Å². The van der Waals surface area contributed by atoms with Crippen molar-refractivity contribution in [2.24, 2.45) is 0 Å². The highest BCUT2D eigenvalue weighted by Crippen LogP contribution is 2.46.